The average molecular weight is 318 g/mol. The molecule has 0 saturated carbocycles. The minimum absolute atomic E-state index is 0.00212. The van der Waals surface area contributed by atoms with Crippen LogP contribution in [0.15, 0.2) is 61.1 Å². The summed E-state index contributed by atoms with van der Waals surface area (Å²) in [4.78, 5) is 23.2. The van der Waals surface area contributed by atoms with E-state index in [1.54, 1.807) is 18.6 Å². The maximum Gasteiger partial charge on any atom is 0.273 e. The summed E-state index contributed by atoms with van der Waals surface area (Å²) in [6.07, 6.45) is 6.18. The molecule has 0 bridgehead atoms. The van der Waals surface area contributed by atoms with E-state index in [1.165, 1.54) is 0 Å². The van der Waals surface area contributed by atoms with Crippen molar-refractivity contribution in [3.05, 3.63) is 66.7 Å². The first-order valence-corrected chi connectivity index (χ1v) is 8.11. The predicted octanol–water partition coefficient (Wildman–Crippen LogP) is 2.96. The van der Waals surface area contributed by atoms with Crippen LogP contribution in [0, 0.1) is 0 Å². The van der Waals surface area contributed by atoms with Gasteiger partial charge in [0.05, 0.1) is 5.69 Å². The monoisotopic (exact) mass is 318 g/mol. The number of nitrogens with one attached hydrogen (secondary N) is 1. The van der Waals surface area contributed by atoms with Crippen LogP contribution >= 0.6 is 0 Å². The Morgan fingerprint density at radius 3 is 2.92 bits per heavy atom. The number of pyridine rings is 2. The summed E-state index contributed by atoms with van der Waals surface area (Å²) in [6.45, 7) is 1.42. The van der Waals surface area contributed by atoms with Crippen LogP contribution in [0.5, 0.6) is 0 Å². The van der Waals surface area contributed by atoms with Crippen molar-refractivity contribution in [3.63, 3.8) is 0 Å². The number of hydrogen-bond donors (Lipinski definition) is 1. The van der Waals surface area contributed by atoms with E-state index in [9.17, 15) is 4.79 Å². The summed E-state index contributed by atoms with van der Waals surface area (Å²) in [6, 6.07) is 13.9. The quantitative estimate of drug-likeness (QED) is 0.806. The number of anilines is 1. The van der Waals surface area contributed by atoms with Crippen molar-refractivity contribution in [2.75, 3.05) is 18.4 Å². The summed E-state index contributed by atoms with van der Waals surface area (Å²) in [7, 11) is 0. The molecule has 3 heterocycles. The maximum absolute atomic E-state index is 12.9. The molecular weight excluding hydrogens is 300 g/mol. The average Bonchev–Trinajstić information content (AvgIpc) is 3.10. The lowest BCUT2D eigenvalue weighted by molar-refractivity contribution is 0.0788. The molecule has 0 radical (unpaired) electrons. The molecule has 1 N–H and O–H groups in total. The zero-order chi connectivity index (χ0) is 16.4. The number of nitrogens with zero attached hydrogens (tertiary/aromatic N) is 3. The second-order valence-corrected chi connectivity index (χ2v) is 6.00. The van der Waals surface area contributed by atoms with Crippen molar-refractivity contribution >= 4 is 22.4 Å². The van der Waals surface area contributed by atoms with Crippen LogP contribution in [0.1, 0.15) is 16.9 Å². The molecule has 5 nitrogen and oxygen atoms in total. The Morgan fingerprint density at radius 2 is 2.04 bits per heavy atom. The summed E-state index contributed by atoms with van der Waals surface area (Å²) in [5.41, 5.74) is 1.52. The molecule has 2 aromatic heterocycles. The van der Waals surface area contributed by atoms with Gasteiger partial charge in [0, 0.05) is 43.1 Å². The topological polar surface area (TPSA) is 58.1 Å². The molecule has 0 spiro atoms. The van der Waals surface area contributed by atoms with Gasteiger partial charge in [-0.2, -0.15) is 0 Å². The molecule has 1 fully saturated rings. The van der Waals surface area contributed by atoms with Crippen LogP contribution < -0.4 is 5.32 Å². The first kappa shape index (κ1) is 14.6. The molecular formula is C19H18N4O. The van der Waals surface area contributed by atoms with Gasteiger partial charge >= 0.3 is 0 Å². The van der Waals surface area contributed by atoms with Crippen LogP contribution in [0.3, 0.4) is 0 Å². The van der Waals surface area contributed by atoms with Gasteiger partial charge in [0.1, 0.15) is 5.69 Å². The van der Waals surface area contributed by atoms with Gasteiger partial charge in [-0.25, -0.2) is 0 Å². The number of likely N-dealkylation sites (tertiary alicyclic amines) is 1. The van der Waals surface area contributed by atoms with E-state index in [1.807, 2.05) is 47.4 Å². The van der Waals surface area contributed by atoms with Gasteiger partial charge < -0.3 is 10.2 Å². The Bertz CT molecular complexity index is 860. The third-order valence-corrected chi connectivity index (χ3v) is 4.38. The van der Waals surface area contributed by atoms with Crippen LogP contribution in [-0.4, -0.2) is 39.9 Å². The fraction of sp³-hybridized carbons (Fsp3) is 0.211. The van der Waals surface area contributed by atoms with Crippen LogP contribution in [0.2, 0.25) is 0 Å². The number of rotatable bonds is 3. The largest absolute Gasteiger partial charge is 0.379 e. The molecule has 24 heavy (non-hydrogen) atoms. The normalized spacial score (nSPS) is 17.2. The van der Waals surface area contributed by atoms with Gasteiger partial charge in [-0.1, -0.05) is 24.3 Å². The van der Waals surface area contributed by atoms with Gasteiger partial charge in [-0.05, 0) is 30.0 Å². The molecule has 1 saturated heterocycles. The number of carbonyl (C=O) groups excluding carboxylic acids is 1. The van der Waals surface area contributed by atoms with Crippen molar-refractivity contribution in [3.8, 4) is 0 Å². The second kappa shape index (κ2) is 6.28. The fourth-order valence-electron chi connectivity index (χ4n) is 3.19. The Hall–Kier alpha value is -2.95. The Labute approximate surface area is 140 Å². The molecule has 1 aliphatic heterocycles. The second-order valence-electron chi connectivity index (χ2n) is 6.00. The molecule has 4 rings (SSSR count). The smallest absolute Gasteiger partial charge is 0.273 e. The molecule has 3 aromatic rings. The van der Waals surface area contributed by atoms with Gasteiger partial charge in [-0.15, -0.1) is 0 Å². The third kappa shape index (κ3) is 2.80. The lowest BCUT2D eigenvalue weighted by Gasteiger charge is -2.18. The SMILES string of the molecule is O=C(c1nccc2ccccc12)N1CCC(Nc2cccnc2)C1. The van der Waals surface area contributed by atoms with E-state index in [4.69, 9.17) is 0 Å². The molecule has 1 amide bonds. The van der Waals surface area contributed by atoms with Crippen LogP contribution in [-0.2, 0) is 0 Å². The highest BCUT2D eigenvalue weighted by Gasteiger charge is 2.28. The van der Waals surface area contributed by atoms with Crippen LogP contribution in [0.4, 0.5) is 5.69 Å². The summed E-state index contributed by atoms with van der Waals surface area (Å²) < 4.78 is 0. The Kier molecular flexibility index (Phi) is 3.83. The first-order chi connectivity index (χ1) is 11.8. The number of aromatic nitrogens is 2. The lowest BCUT2D eigenvalue weighted by Crippen LogP contribution is -2.32. The van der Waals surface area contributed by atoms with E-state index in [0.717, 1.165) is 29.4 Å². The molecule has 5 heteroatoms. The van der Waals surface area contributed by atoms with Gasteiger partial charge in [0.15, 0.2) is 0 Å². The standard InChI is InChI=1S/C19H18N4O/c24-19(18-17-6-2-1-4-14(17)7-10-21-18)23-11-8-16(13-23)22-15-5-3-9-20-12-15/h1-7,9-10,12,16,22H,8,11,13H2. The van der Waals surface area contributed by atoms with Crippen molar-refractivity contribution in [1.29, 1.82) is 0 Å². The molecule has 1 atom stereocenters. The maximum atomic E-state index is 12.9. The minimum atomic E-state index is 0.00212. The predicted molar refractivity (Wildman–Crippen MR) is 93.9 cm³/mol. The zero-order valence-corrected chi connectivity index (χ0v) is 13.2. The molecule has 120 valence electrons. The lowest BCUT2D eigenvalue weighted by atomic mass is 10.1. The Morgan fingerprint density at radius 1 is 1.12 bits per heavy atom. The highest BCUT2D eigenvalue weighted by atomic mass is 16.2. The van der Waals surface area contributed by atoms with Crippen molar-refractivity contribution < 1.29 is 4.79 Å². The highest BCUT2D eigenvalue weighted by Crippen LogP contribution is 2.21. The number of amides is 1. The van der Waals surface area contributed by atoms with Gasteiger partial charge in [0.2, 0.25) is 0 Å². The highest BCUT2D eigenvalue weighted by molar-refractivity contribution is 6.05. The van der Waals surface area contributed by atoms with Gasteiger partial charge in [-0.3, -0.25) is 14.8 Å². The van der Waals surface area contributed by atoms with Crippen LogP contribution in [0.25, 0.3) is 10.8 Å². The molecule has 1 unspecified atom stereocenters. The molecule has 0 aliphatic carbocycles. The van der Waals surface area contributed by atoms with Crippen molar-refractivity contribution in [1.82, 2.24) is 14.9 Å². The van der Waals surface area contributed by atoms with E-state index in [-0.39, 0.29) is 11.9 Å². The molecule has 1 aliphatic rings. The third-order valence-electron chi connectivity index (χ3n) is 4.38. The minimum Gasteiger partial charge on any atom is -0.379 e. The molecule has 1 aromatic carbocycles. The summed E-state index contributed by atoms with van der Waals surface area (Å²) in [5, 5.41) is 5.39. The summed E-state index contributed by atoms with van der Waals surface area (Å²) in [5.74, 6) is 0.00212. The van der Waals surface area contributed by atoms with E-state index in [0.29, 0.717) is 12.2 Å². The number of hydrogen-bond acceptors (Lipinski definition) is 4. The zero-order valence-electron chi connectivity index (χ0n) is 13.2. The first-order valence-electron chi connectivity index (χ1n) is 8.11. The number of benzene rings is 1. The van der Waals surface area contributed by atoms with Crippen molar-refractivity contribution in [2.24, 2.45) is 0 Å². The number of fused-ring (bicyclic) bond motifs is 1. The number of carbonyl (C=O) groups is 1. The van der Waals surface area contributed by atoms with Crippen molar-refractivity contribution in [2.45, 2.75) is 12.5 Å². The van der Waals surface area contributed by atoms with E-state index < -0.39 is 0 Å². The van der Waals surface area contributed by atoms with E-state index >= 15 is 0 Å². The van der Waals surface area contributed by atoms with Gasteiger partial charge in [0.25, 0.3) is 5.91 Å². The summed E-state index contributed by atoms with van der Waals surface area (Å²) >= 11 is 0. The Balaban J connectivity index is 1.51. The van der Waals surface area contributed by atoms with E-state index in [2.05, 4.69) is 15.3 Å². The fourth-order valence-corrected chi connectivity index (χ4v) is 3.19.